The molecule has 0 saturated heterocycles. The first-order chi connectivity index (χ1) is 14.6. The second-order valence-corrected chi connectivity index (χ2v) is 6.52. The van der Waals surface area contributed by atoms with Crippen LogP contribution >= 0.6 is 0 Å². The van der Waals surface area contributed by atoms with Gasteiger partial charge in [0.1, 0.15) is 12.1 Å². The van der Waals surface area contributed by atoms with Crippen LogP contribution in [0.2, 0.25) is 0 Å². The Hall–Kier alpha value is -4.33. The quantitative estimate of drug-likeness (QED) is 0.537. The summed E-state index contributed by atoms with van der Waals surface area (Å²) in [4.78, 5) is 37.0. The molecule has 2 N–H and O–H groups in total. The van der Waals surface area contributed by atoms with Gasteiger partial charge < -0.3 is 10.6 Å². The number of carbonyl (C=O) groups is 2. The van der Waals surface area contributed by atoms with Gasteiger partial charge in [-0.15, -0.1) is 5.10 Å². The van der Waals surface area contributed by atoms with Crippen molar-refractivity contribution in [3.63, 3.8) is 0 Å². The number of fused-ring (bicyclic) bond motifs is 1. The third-order valence-corrected chi connectivity index (χ3v) is 4.39. The van der Waals surface area contributed by atoms with E-state index in [1.807, 2.05) is 18.2 Å². The van der Waals surface area contributed by atoms with Crippen LogP contribution in [0.5, 0.6) is 0 Å². The maximum atomic E-state index is 12.4. The zero-order valence-electron chi connectivity index (χ0n) is 15.8. The highest BCUT2D eigenvalue weighted by Gasteiger charge is 2.11. The molecule has 0 radical (unpaired) electrons. The number of benzene rings is 3. The Morgan fingerprint density at radius 2 is 1.47 bits per heavy atom. The smallest absolute Gasteiger partial charge is 0.278 e. The van der Waals surface area contributed by atoms with Gasteiger partial charge in [-0.2, -0.15) is 0 Å². The fraction of sp³-hybridized carbons (Fsp3) is 0.0455. The predicted molar refractivity (Wildman–Crippen MR) is 113 cm³/mol. The lowest BCUT2D eigenvalue weighted by Gasteiger charge is -2.08. The molecule has 3 aromatic carbocycles. The minimum absolute atomic E-state index is 0.253. The van der Waals surface area contributed by atoms with Crippen LogP contribution in [0, 0.1) is 0 Å². The Kier molecular flexibility index (Phi) is 5.29. The average Bonchev–Trinajstić information content (AvgIpc) is 2.77. The molecular formula is C22H17N5O3. The second-order valence-electron chi connectivity index (χ2n) is 6.52. The first-order valence-corrected chi connectivity index (χ1v) is 9.19. The lowest BCUT2D eigenvalue weighted by atomic mass is 10.2. The molecule has 2 amide bonds. The fourth-order valence-corrected chi connectivity index (χ4v) is 2.89. The minimum atomic E-state index is -0.428. The van der Waals surface area contributed by atoms with Crippen LogP contribution in [-0.2, 0) is 11.3 Å². The number of nitrogens with one attached hydrogen (secondary N) is 2. The summed E-state index contributed by atoms with van der Waals surface area (Å²) in [6, 6.07) is 22.4. The molecule has 4 rings (SSSR count). The zero-order chi connectivity index (χ0) is 20.9. The molecule has 0 aliphatic carbocycles. The molecule has 1 heterocycles. The molecule has 0 fully saturated rings. The molecule has 0 saturated carbocycles. The van der Waals surface area contributed by atoms with Crippen molar-refractivity contribution in [3.8, 4) is 0 Å². The summed E-state index contributed by atoms with van der Waals surface area (Å²) >= 11 is 0. The van der Waals surface area contributed by atoms with Crippen LogP contribution in [0.3, 0.4) is 0 Å². The molecule has 0 aliphatic rings. The normalized spacial score (nSPS) is 10.5. The van der Waals surface area contributed by atoms with Gasteiger partial charge in [0, 0.05) is 16.9 Å². The number of anilines is 2. The van der Waals surface area contributed by atoms with Gasteiger partial charge in [-0.05, 0) is 48.5 Å². The summed E-state index contributed by atoms with van der Waals surface area (Å²) in [6.07, 6.45) is 0. The van der Waals surface area contributed by atoms with Gasteiger partial charge >= 0.3 is 0 Å². The molecule has 0 spiro atoms. The van der Waals surface area contributed by atoms with Crippen molar-refractivity contribution in [3.05, 3.63) is 94.8 Å². The first-order valence-electron chi connectivity index (χ1n) is 9.19. The van der Waals surface area contributed by atoms with Gasteiger partial charge in [0.15, 0.2) is 0 Å². The SMILES string of the molecule is O=C(Cn1nnc2ccccc2c1=O)Nc1ccc(C(=O)Nc2ccccc2)cc1. The van der Waals surface area contributed by atoms with Crippen molar-refractivity contribution in [2.75, 3.05) is 10.6 Å². The van der Waals surface area contributed by atoms with Crippen molar-refractivity contribution >= 4 is 34.1 Å². The predicted octanol–water partition coefficient (Wildman–Crippen LogP) is 2.68. The molecule has 30 heavy (non-hydrogen) atoms. The average molecular weight is 399 g/mol. The molecule has 0 aliphatic heterocycles. The van der Waals surface area contributed by atoms with Crippen LogP contribution < -0.4 is 16.2 Å². The van der Waals surface area contributed by atoms with E-state index in [4.69, 9.17) is 0 Å². The molecule has 8 nitrogen and oxygen atoms in total. The Morgan fingerprint density at radius 3 is 2.23 bits per heavy atom. The number of carbonyl (C=O) groups excluding carboxylic acids is 2. The van der Waals surface area contributed by atoms with Gasteiger partial charge in [-0.3, -0.25) is 14.4 Å². The Bertz CT molecular complexity index is 1270. The number of aromatic nitrogens is 3. The molecule has 148 valence electrons. The van der Waals surface area contributed by atoms with E-state index in [1.54, 1.807) is 60.7 Å². The summed E-state index contributed by atoms with van der Waals surface area (Å²) in [5, 5.41) is 13.6. The maximum Gasteiger partial charge on any atom is 0.278 e. The molecule has 0 bridgehead atoms. The number of para-hydroxylation sites is 1. The van der Waals surface area contributed by atoms with Gasteiger partial charge in [0.25, 0.3) is 11.5 Å². The highest BCUT2D eigenvalue weighted by atomic mass is 16.2. The van der Waals surface area contributed by atoms with E-state index >= 15 is 0 Å². The van der Waals surface area contributed by atoms with Gasteiger partial charge in [0.05, 0.1) is 5.39 Å². The molecule has 0 unspecified atom stereocenters. The Labute approximate surface area is 171 Å². The van der Waals surface area contributed by atoms with E-state index < -0.39 is 5.91 Å². The molecule has 8 heteroatoms. The minimum Gasteiger partial charge on any atom is -0.324 e. The summed E-state index contributed by atoms with van der Waals surface area (Å²) in [6.45, 7) is -0.271. The largest absolute Gasteiger partial charge is 0.324 e. The van der Waals surface area contributed by atoms with Crippen LogP contribution in [0.4, 0.5) is 11.4 Å². The lowest BCUT2D eigenvalue weighted by molar-refractivity contribution is -0.117. The Balaban J connectivity index is 1.41. The van der Waals surface area contributed by atoms with Crippen LogP contribution in [0.15, 0.2) is 83.7 Å². The highest BCUT2D eigenvalue weighted by Crippen LogP contribution is 2.13. The zero-order valence-corrected chi connectivity index (χ0v) is 15.8. The Morgan fingerprint density at radius 1 is 0.800 bits per heavy atom. The summed E-state index contributed by atoms with van der Waals surface area (Å²) in [7, 11) is 0. The van der Waals surface area contributed by atoms with Crippen molar-refractivity contribution in [1.29, 1.82) is 0 Å². The van der Waals surface area contributed by atoms with Crippen molar-refractivity contribution in [2.24, 2.45) is 0 Å². The van der Waals surface area contributed by atoms with Crippen LogP contribution in [0.1, 0.15) is 10.4 Å². The van der Waals surface area contributed by atoms with Crippen LogP contribution in [-0.4, -0.2) is 26.8 Å². The van der Waals surface area contributed by atoms with E-state index in [-0.39, 0.29) is 18.0 Å². The topological polar surface area (TPSA) is 106 Å². The van der Waals surface area contributed by atoms with E-state index in [9.17, 15) is 14.4 Å². The van der Waals surface area contributed by atoms with E-state index in [1.165, 1.54) is 0 Å². The monoisotopic (exact) mass is 399 g/mol. The summed E-state index contributed by atoms with van der Waals surface area (Å²) in [5.74, 6) is -0.680. The standard InChI is InChI=1S/C22H17N5O3/c28-20(14-27-22(30)18-8-4-5-9-19(18)25-26-27)23-17-12-10-15(11-13-17)21(29)24-16-6-2-1-3-7-16/h1-13H,14H2,(H,23,28)(H,24,29). The number of hydrogen-bond acceptors (Lipinski definition) is 5. The molecular weight excluding hydrogens is 382 g/mol. The van der Waals surface area contributed by atoms with Gasteiger partial charge in [-0.1, -0.05) is 35.5 Å². The second kappa shape index (κ2) is 8.36. The van der Waals surface area contributed by atoms with Crippen molar-refractivity contribution in [1.82, 2.24) is 15.0 Å². The van der Waals surface area contributed by atoms with Crippen molar-refractivity contribution < 1.29 is 9.59 Å². The number of rotatable bonds is 5. The third kappa shape index (κ3) is 4.22. The van der Waals surface area contributed by atoms with Gasteiger partial charge in [-0.25, -0.2) is 4.68 Å². The highest BCUT2D eigenvalue weighted by molar-refractivity contribution is 6.04. The summed E-state index contributed by atoms with van der Waals surface area (Å²) < 4.78 is 1.01. The van der Waals surface area contributed by atoms with Crippen molar-refractivity contribution in [2.45, 2.75) is 6.54 Å². The summed E-state index contributed by atoms with van der Waals surface area (Å²) in [5.41, 5.74) is 1.74. The number of amides is 2. The fourth-order valence-electron chi connectivity index (χ4n) is 2.89. The van der Waals surface area contributed by atoms with E-state index in [0.29, 0.717) is 27.8 Å². The van der Waals surface area contributed by atoms with Gasteiger partial charge in [0.2, 0.25) is 5.91 Å². The van der Waals surface area contributed by atoms with Crippen LogP contribution in [0.25, 0.3) is 10.9 Å². The first kappa shape index (κ1) is 19.0. The molecule has 0 atom stereocenters. The maximum absolute atomic E-state index is 12.4. The lowest BCUT2D eigenvalue weighted by Crippen LogP contribution is -2.30. The number of hydrogen-bond donors (Lipinski definition) is 2. The third-order valence-electron chi connectivity index (χ3n) is 4.39. The van der Waals surface area contributed by atoms with E-state index in [0.717, 1.165) is 4.68 Å². The molecule has 4 aromatic rings. The number of nitrogens with zero attached hydrogens (tertiary/aromatic N) is 3. The van der Waals surface area contributed by atoms with E-state index in [2.05, 4.69) is 20.9 Å². The molecule has 1 aromatic heterocycles.